The fourth-order valence-electron chi connectivity index (χ4n) is 2.04. The minimum Gasteiger partial charge on any atom is -0.267 e. The topological polar surface area (TPSA) is 67.2 Å². The summed E-state index contributed by atoms with van der Waals surface area (Å²) in [6.45, 7) is 0. The smallest absolute Gasteiger partial charge is 0.267 e. The molecule has 0 radical (unpaired) electrons. The Kier molecular flexibility index (Phi) is 4.49. The lowest BCUT2D eigenvalue weighted by Gasteiger charge is -2.07. The first-order valence-corrected chi connectivity index (χ1v) is 7.09. The van der Waals surface area contributed by atoms with Crippen LogP contribution in [-0.2, 0) is 0 Å². The molecule has 5 heteroatoms. The highest BCUT2D eigenvalue weighted by Gasteiger charge is 2.10. The van der Waals surface area contributed by atoms with Gasteiger partial charge in [-0.15, -0.1) is 0 Å². The SMILES string of the molecule is O=C(NN=C(c1ccccc1)c1ccccn1)c1cccnc1. The van der Waals surface area contributed by atoms with Gasteiger partial charge < -0.3 is 0 Å². The fraction of sp³-hybridized carbons (Fsp3) is 0. The van der Waals surface area contributed by atoms with Crippen molar-refractivity contribution in [2.45, 2.75) is 0 Å². The molecule has 0 saturated carbocycles. The second-order valence-corrected chi connectivity index (χ2v) is 4.72. The third kappa shape index (κ3) is 3.65. The van der Waals surface area contributed by atoms with Crippen molar-refractivity contribution >= 4 is 11.6 Å². The number of carbonyl (C=O) groups excluding carboxylic acids is 1. The van der Waals surface area contributed by atoms with E-state index in [2.05, 4.69) is 20.5 Å². The Morgan fingerprint density at radius 3 is 2.35 bits per heavy atom. The Bertz CT molecular complexity index is 761. The molecular formula is C18H14N4O. The highest BCUT2D eigenvalue weighted by molar-refractivity contribution is 6.12. The van der Waals surface area contributed by atoms with Crippen LogP contribution in [0.15, 0.2) is 84.4 Å². The molecule has 0 aliphatic carbocycles. The van der Waals surface area contributed by atoms with E-state index in [9.17, 15) is 4.79 Å². The first kappa shape index (κ1) is 14.6. The van der Waals surface area contributed by atoms with Crippen LogP contribution < -0.4 is 5.43 Å². The van der Waals surface area contributed by atoms with E-state index in [-0.39, 0.29) is 5.91 Å². The molecule has 1 N–H and O–H groups in total. The maximum Gasteiger partial charge on any atom is 0.272 e. The van der Waals surface area contributed by atoms with Crippen molar-refractivity contribution in [1.82, 2.24) is 15.4 Å². The number of rotatable bonds is 4. The normalized spacial score (nSPS) is 11.0. The number of nitrogens with zero attached hydrogens (tertiary/aromatic N) is 3. The van der Waals surface area contributed by atoms with Crippen LogP contribution in [0.2, 0.25) is 0 Å². The molecule has 0 unspecified atom stereocenters. The maximum atomic E-state index is 12.1. The average Bonchev–Trinajstić information content (AvgIpc) is 2.64. The first-order valence-electron chi connectivity index (χ1n) is 7.09. The molecule has 1 amide bonds. The highest BCUT2D eigenvalue weighted by atomic mass is 16.2. The predicted molar refractivity (Wildman–Crippen MR) is 88.0 cm³/mol. The van der Waals surface area contributed by atoms with Crippen LogP contribution in [0.5, 0.6) is 0 Å². The number of hydrogen-bond acceptors (Lipinski definition) is 4. The second kappa shape index (κ2) is 7.09. The second-order valence-electron chi connectivity index (χ2n) is 4.72. The van der Waals surface area contributed by atoms with Crippen LogP contribution in [0, 0.1) is 0 Å². The van der Waals surface area contributed by atoms with Gasteiger partial charge in [0.1, 0.15) is 5.71 Å². The van der Waals surface area contributed by atoms with E-state index in [1.54, 1.807) is 24.5 Å². The minimum atomic E-state index is -0.317. The monoisotopic (exact) mass is 302 g/mol. The van der Waals surface area contributed by atoms with Gasteiger partial charge in [0.15, 0.2) is 0 Å². The zero-order chi connectivity index (χ0) is 15.9. The molecule has 1 aromatic carbocycles. The Hall–Kier alpha value is -3.34. The molecule has 2 heterocycles. The molecule has 0 aliphatic heterocycles. The lowest BCUT2D eigenvalue weighted by molar-refractivity contribution is 0.0954. The van der Waals surface area contributed by atoms with Crippen molar-refractivity contribution in [1.29, 1.82) is 0 Å². The van der Waals surface area contributed by atoms with Crippen molar-refractivity contribution in [3.8, 4) is 0 Å². The van der Waals surface area contributed by atoms with Crippen molar-refractivity contribution < 1.29 is 4.79 Å². The Labute approximate surface area is 133 Å². The van der Waals surface area contributed by atoms with Gasteiger partial charge in [-0.2, -0.15) is 5.10 Å². The van der Waals surface area contributed by atoms with Crippen molar-refractivity contribution in [3.63, 3.8) is 0 Å². The summed E-state index contributed by atoms with van der Waals surface area (Å²) in [7, 11) is 0. The van der Waals surface area contributed by atoms with Gasteiger partial charge in [0.05, 0.1) is 11.3 Å². The Morgan fingerprint density at radius 2 is 1.65 bits per heavy atom. The molecule has 5 nitrogen and oxygen atoms in total. The summed E-state index contributed by atoms with van der Waals surface area (Å²) < 4.78 is 0. The van der Waals surface area contributed by atoms with Gasteiger partial charge in [0.25, 0.3) is 5.91 Å². The van der Waals surface area contributed by atoms with Crippen LogP contribution in [0.25, 0.3) is 0 Å². The van der Waals surface area contributed by atoms with Crippen LogP contribution >= 0.6 is 0 Å². The quantitative estimate of drug-likeness (QED) is 0.595. The van der Waals surface area contributed by atoms with E-state index in [1.807, 2.05) is 48.5 Å². The van der Waals surface area contributed by atoms with Crippen molar-refractivity contribution in [2.75, 3.05) is 0 Å². The van der Waals surface area contributed by atoms with E-state index in [1.165, 1.54) is 6.20 Å². The molecule has 0 saturated heterocycles. The molecule has 0 fully saturated rings. The molecule has 112 valence electrons. The highest BCUT2D eigenvalue weighted by Crippen LogP contribution is 2.08. The number of carbonyl (C=O) groups is 1. The van der Waals surface area contributed by atoms with Gasteiger partial charge in [0, 0.05) is 24.2 Å². The molecule has 0 bridgehead atoms. The van der Waals surface area contributed by atoms with E-state index >= 15 is 0 Å². The zero-order valence-electron chi connectivity index (χ0n) is 12.3. The summed E-state index contributed by atoms with van der Waals surface area (Å²) in [6.07, 6.45) is 4.80. The molecule has 0 spiro atoms. The third-order valence-electron chi connectivity index (χ3n) is 3.15. The molecule has 3 rings (SSSR count). The van der Waals surface area contributed by atoms with Crippen molar-refractivity contribution in [2.24, 2.45) is 5.10 Å². The predicted octanol–water partition coefficient (Wildman–Crippen LogP) is 2.66. The van der Waals surface area contributed by atoms with E-state index < -0.39 is 0 Å². The lowest BCUT2D eigenvalue weighted by atomic mass is 10.1. The van der Waals surface area contributed by atoms with Gasteiger partial charge >= 0.3 is 0 Å². The number of benzene rings is 1. The van der Waals surface area contributed by atoms with Crippen LogP contribution in [-0.4, -0.2) is 21.6 Å². The molecular weight excluding hydrogens is 288 g/mol. The molecule has 3 aromatic rings. The van der Waals surface area contributed by atoms with Crippen LogP contribution in [0.4, 0.5) is 0 Å². The molecule has 23 heavy (non-hydrogen) atoms. The molecule has 0 atom stereocenters. The van der Waals surface area contributed by atoms with Gasteiger partial charge in [-0.25, -0.2) is 5.43 Å². The number of aromatic nitrogens is 2. The van der Waals surface area contributed by atoms with Gasteiger partial charge in [-0.3, -0.25) is 14.8 Å². The van der Waals surface area contributed by atoms with Gasteiger partial charge in [-0.1, -0.05) is 36.4 Å². The maximum absolute atomic E-state index is 12.1. The number of amides is 1. The minimum absolute atomic E-state index is 0.317. The molecule has 0 aliphatic rings. The van der Waals surface area contributed by atoms with Crippen LogP contribution in [0.3, 0.4) is 0 Å². The average molecular weight is 302 g/mol. The largest absolute Gasteiger partial charge is 0.272 e. The summed E-state index contributed by atoms with van der Waals surface area (Å²) in [5.74, 6) is -0.317. The Balaban J connectivity index is 1.91. The third-order valence-corrected chi connectivity index (χ3v) is 3.15. The number of hydrogen-bond donors (Lipinski definition) is 1. The zero-order valence-corrected chi connectivity index (χ0v) is 12.3. The summed E-state index contributed by atoms with van der Waals surface area (Å²) in [4.78, 5) is 20.4. The van der Waals surface area contributed by atoms with E-state index in [0.717, 1.165) is 5.56 Å². The molecule has 2 aromatic heterocycles. The lowest BCUT2D eigenvalue weighted by Crippen LogP contribution is -2.21. The van der Waals surface area contributed by atoms with Crippen molar-refractivity contribution in [3.05, 3.63) is 96.1 Å². The van der Waals surface area contributed by atoms with E-state index in [0.29, 0.717) is 17.0 Å². The summed E-state index contributed by atoms with van der Waals surface area (Å²) in [6, 6.07) is 18.5. The van der Waals surface area contributed by atoms with Gasteiger partial charge in [-0.05, 0) is 24.3 Å². The van der Waals surface area contributed by atoms with E-state index in [4.69, 9.17) is 0 Å². The summed E-state index contributed by atoms with van der Waals surface area (Å²) >= 11 is 0. The fourth-order valence-corrected chi connectivity index (χ4v) is 2.04. The number of nitrogens with one attached hydrogen (secondary N) is 1. The number of pyridine rings is 2. The Morgan fingerprint density at radius 1 is 0.870 bits per heavy atom. The summed E-state index contributed by atoms with van der Waals surface area (Å²) in [5, 5.41) is 4.27. The van der Waals surface area contributed by atoms with Gasteiger partial charge in [0.2, 0.25) is 0 Å². The van der Waals surface area contributed by atoms with Crippen LogP contribution in [0.1, 0.15) is 21.6 Å². The number of hydrazone groups is 1. The summed E-state index contributed by atoms with van der Waals surface area (Å²) in [5.41, 5.74) is 5.17. The first-order chi connectivity index (χ1) is 11.3. The standard InChI is InChI=1S/C18H14N4O/c23-18(15-9-6-11-19-13-15)22-21-17(14-7-2-1-3-8-14)16-10-4-5-12-20-16/h1-13H,(H,22,23).